The third kappa shape index (κ3) is 3.39. The number of nitrogens with zero attached hydrogens (tertiary/aromatic N) is 3. The number of rotatable bonds is 4. The highest BCUT2D eigenvalue weighted by molar-refractivity contribution is 7.99. The molecule has 0 spiro atoms. The minimum absolute atomic E-state index is 0.0618. The first-order chi connectivity index (χ1) is 14.6. The molecule has 6 nitrogen and oxygen atoms in total. The summed E-state index contributed by atoms with van der Waals surface area (Å²) in [5, 5.41) is 9.87. The van der Waals surface area contributed by atoms with Gasteiger partial charge in [-0.15, -0.1) is 10.2 Å². The lowest BCUT2D eigenvalue weighted by Gasteiger charge is -2.29. The first-order valence-electron chi connectivity index (χ1n) is 10.0. The molecule has 4 aromatic rings. The molecule has 152 valence electrons. The quantitative estimate of drug-likeness (QED) is 0.477. The fourth-order valence-corrected chi connectivity index (χ4v) is 4.61. The van der Waals surface area contributed by atoms with E-state index >= 15 is 0 Å². The van der Waals surface area contributed by atoms with Gasteiger partial charge in [-0.25, -0.2) is 0 Å². The highest BCUT2D eigenvalue weighted by atomic mass is 32.2. The average molecular weight is 419 g/mol. The number of amides is 1. The van der Waals surface area contributed by atoms with E-state index in [9.17, 15) is 4.79 Å². The standard InChI is InChI=1S/C23H22N4O2S/c1-14-15(2)24-19-10-9-17(12-18(14)19)22-25-26-23(29-22)30-13-21(28)27-11-5-7-16-6-3-4-8-20(16)27/h3-4,6,8-10,12,24H,5,7,11,13H2,1-2H3. The molecular formula is C23H22N4O2S. The molecule has 30 heavy (non-hydrogen) atoms. The Hall–Kier alpha value is -3.06. The summed E-state index contributed by atoms with van der Waals surface area (Å²) in [5.41, 5.74) is 6.59. The summed E-state index contributed by atoms with van der Waals surface area (Å²) >= 11 is 1.29. The van der Waals surface area contributed by atoms with E-state index in [0.717, 1.165) is 47.2 Å². The molecule has 2 aromatic heterocycles. The molecule has 0 saturated carbocycles. The van der Waals surface area contributed by atoms with Crippen molar-refractivity contribution in [2.45, 2.75) is 31.9 Å². The van der Waals surface area contributed by atoms with E-state index in [-0.39, 0.29) is 11.7 Å². The number of aryl methyl sites for hydroxylation is 3. The number of H-pyrrole nitrogens is 1. The number of fused-ring (bicyclic) bond motifs is 2. The lowest BCUT2D eigenvalue weighted by Crippen LogP contribution is -2.36. The Balaban J connectivity index is 1.30. The fraction of sp³-hybridized carbons (Fsp3) is 0.261. The van der Waals surface area contributed by atoms with E-state index in [1.54, 1.807) is 0 Å². The number of para-hydroxylation sites is 1. The van der Waals surface area contributed by atoms with Crippen LogP contribution in [0.3, 0.4) is 0 Å². The van der Waals surface area contributed by atoms with Crippen LogP contribution in [0, 0.1) is 13.8 Å². The van der Waals surface area contributed by atoms with Crippen LogP contribution < -0.4 is 4.90 Å². The monoisotopic (exact) mass is 418 g/mol. The molecule has 0 saturated heterocycles. The van der Waals surface area contributed by atoms with Gasteiger partial charge in [0, 0.05) is 34.4 Å². The van der Waals surface area contributed by atoms with Crippen molar-refractivity contribution in [1.29, 1.82) is 0 Å². The highest BCUT2D eigenvalue weighted by Crippen LogP contribution is 2.30. The van der Waals surface area contributed by atoms with Crippen molar-refractivity contribution in [3.63, 3.8) is 0 Å². The van der Waals surface area contributed by atoms with Gasteiger partial charge in [0.2, 0.25) is 11.8 Å². The van der Waals surface area contributed by atoms with Crippen molar-refractivity contribution >= 4 is 34.3 Å². The van der Waals surface area contributed by atoms with Crippen molar-refractivity contribution in [3.8, 4) is 11.5 Å². The number of aromatic nitrogens is 3. The lowest BCUT2D eigenvalue weighted by atomic mass is 10.0. The molecule has 0 atom stereocenters. The van der Waals surface area contributed by atoms with E-state index in [2.05, 4.69) is 41.2 Å². The van der Waals surface area contributed by atoms with Gasteiger partial charge >= 0.3 is 0 Å². The average Bonchev–Trinajstić information content (AvgIpc) is 3.36. The minimum atomic E-state index is 0.0618. The normalized spacial score (nSPS) is 13.6. The number of carbonyl (C=O) groups is 1. The zero-order valence-corrected chi connectivity index (χ0v) is 17.8. The van der Waals surface area contributed by atoms with Crippen LogP contribution in [-0.2, 0) is 11.2 Å². The summed E-state index contributed by atoms with van der Waals surface area (Å²) in [7, 11) is 0. The van der Waals surface area contributed by atoms with E-state index in [4.69, 9.17) is 4.42 Å². The van der Waals surface area contributed by atoms with Crippen LogP contribution in [0.5, 0.6) is 0 Å². The van der Waals surface area contributed by atoms with Crippen LogP contribution in [0.2, 0.25) is 0 Å². The molecule has 1 aliphatic rings. The molecular weight excluding hydrogens is 396 g/mol. The largest absolute Gasteiger partial charge is 0.411 e. The number of nitrogens with one attached hydrogen (secondary N) is 1. The topological polar surface area (TPSA) is 75.0 Å². The summed E-state index contributed by atoms with van der Waals surface area (Å²) in [4.78, 5) is 18.0. The van der Waals surface area contributed by atoms with Crippen LogP contribution in [0.4, 0.5) is 5.69 Å². The predicted octanol–water partition coefficient (Wildman–Crippen LogP) is 4.91. The zero-order chi connectivity index (χ0) is 20.7. The summed E-state index contributed by atoms with van der Waals surface area (Å²) in [6.07, 6.45) is 2.00. The van der Waals surface area contributed by atoms with E-state index < -0.39 is 0 Å². The predicted molar refractivity (Wildman–Crippen MR) is 119 cm³/mol. The van der Waals surface area contributed by atoms with Crippen molar-refractivity contribution in [1.82, 2.24) is 15.2 Å². The number of benzene rings is 2. The van der Waals surface area contributed by atoms with Gasteiger partial charge in [0.15, 0.2) is 0 Å². The highest BCUT2D eigenvalue weighted by Gasteiger charge is 2.23. The Bertz CT molecular complexity index is 1240. The summed E-state index contributed by atoms with van der Waals surface area (Å²) < 4.78 is 5.83. The van der Waals surface area contributed by atoms with Crippen molar-refractivity contribution in [2.24, 2.45) is 0 Å². The van der Waals surface area contributed by atoms with Crippen molar-refractivity contribution in [2.75, 3.05) is 17.2 Å². The molecule has 2 aromatic carbocycles. The zero-order valence-electron chi connectivity index (χ0n) is 16.9. The summed E-state index contributed by atoms with van der Waals surface area (Å²) in [6, 6.07) is 14.2. The Morgan fingerprint density at radius 3 is 2.97 bits per heavy atom. The Morgan fingerprint density at radius 1 is 1.20 bits per heavy atom. The van der Waals surface area contributed by atoms with Crippen LogP contribution in [0.25, 0.3) is 22.4 Å². The summed E-state index contributed by atoms with van der Waals surface area (Å²) in [6.45, 7) is 4.91. The van der Waals surface area contributed by atoms with Gasteiger partial charge in [-0.05, 0) is 62.1 Å². The van der Waals surface area contributed by atoms with Crippen LogP contribution in [-0.4, -0.2) is 33.4 Å². The molecule has 1 aliphatic heterocycles. The molecule has 0 unspecified atom stereocenters. The Morgan fingerprint density at radius 2 is 2.07 bits per heavy atom. The van der Waals surface area contributed by atoms with E-state index in [1.807, 2.05) is 35.2 Å². The summed E-state index contributed by atoms with van der Waals surface area (Å²) in [5.74, 6) is 0.797. The van der Waals surface area contributed by atoms with Gasteiger partial charge in [0.25, 0.3) is 5.22 Å². The maximum Gasteiger partial charge on any atom is 0.277 e. The molecule has 7 heteroatoms. The smallest absolute Gasteiger partial charge is 0.277 e. The maximum atomic E-state index is 12.8. The van der Waals surface area contributed by atoms with E-state index in [0.29, 0.717) is 11.1 Å². The van der Waals surface area contributed by atoms with Crippen LogP contribution in [0.15, 0.2) is 52.1 Å². The number of aromatic amines is 1. The fourth-order valence-electron chi connectivity index (χ4n) is 3.97. The number of thioether (sulfide) groups is 1. The van der Waals surface area contributed by atoms with Gasteiger partial charge in [0.05, 0.1) is 5.75 Å². The molecule has 0 radical (unpaired) electrons. The third-order valence-electron chi connectivity index (χ3n) is 5.69. The number of hydrogen-bond acceptors (Lipinski definition) is 5. The molecule has 1 amide bonds. The molecule has 3 heterocycles. The van der Waals surface area contributed by atoms with Gasteiger partial charge in [-0.3, -0.25) is 4.79 Å². The van der Waals surface area contributed by atoms with Gasteiger partial charge < -0.3 is 14.3 Å². The molecule has 1 N–H and O–H groups in total. The van der Waals surface area contributed by atoms with E-state index in [1.165, 1.54) is 22.9 Å². The molecule has 0 aliphatic carbocycles. The minimum Gasteiger partial charge on any atom is -0.411 e. The maximum absolute atomic E-state index is 12.8. The SMILES string of the molecule is Cc1[nH]c2ccc(-c3nnc(SCC(=O)N4CCCc5ccccc54)o3)cc2c1C. The van der Waals surface area contributed by atoms with Gasteiger partial charge in [0.1, 0.15) is 0 Å². The van der Waals surface area contributed by atoms with Crippen molar-refractivity contribution in [3.05, 3.63) is 59.3 Å². The second kappa shape index (κ2) is 7.65. The number of anilines is 1. The number of carbonyl (C=O) groups excluding carboxylic acids is 1. The molecule has 0 fully saturated rings. The lowest BCUT2D eigenvalue weighted by molar-refractivity contribution is -0.116. The third-order valence-corrected chi connectivity index (χ3v) is 6.50. The van der Waals surface area contributed by atoms with Gasteiger partial charge in [-0.1, -0.05) is 30.0 Å². The van der Waals surface area contributed by atoms with Crippen LogP contribution >= 0.6 is 11.8 Å². The van der Waals surface area contributed by atoms with Crippen molar-refractivity contribution < 1.29 is 9.21 Å². The Kier molecular flexibility index (Phi) is 4.83. The first-order valence-corrected chi connectivity index (χ1v) is 11.0. The second-order valence-electron chi connectivity index (χ2n) is 7.57. The first kappa shape index (κ1) is 18.9. The van der Waals surface area contributed by atoms with Crippen LogP contribution in [0.1, 0.15) is 23.2 Å². The second-order valence-corrected chi connectivity index (χ2v) is 8.50. The molecule has 0 bridgehead atoms. The van der Waals surface area contributed by atoms with Gasteiger partial charge in [-0.2, -0.15) is 0 Å². The Labute approximate surface area is 178 Å². The number of hydrogen-bond donors (Lipinski definition) is 1. The molecule has 5 rings (SSSR count).